The number of pyridine rings is 2. The fraction of sp³-hybridized carbons (Fsp3) is 0.267. The van der Waals surface area contributed by atoms with Gasteiger partial charge in [0.2, 0.25) is 11.8 Å². The first-order valence-electron chi connectivity index (χ1n) is 12.6. The number of hydrogen-bond acceptors (Lipinski definition) is 6. The van der Waals surface area contributed by atoms with Gasteiger partial charge in [0.05, 0.1) is 11.3 Å². The smallest absolute Gasteiger partial charge is 0.226 e. The quantitative estimate of drug-likeness (QED) is 0.346. The van der Waals surface area contributed by atoms with Crippen LogP contribution < -0.4 is 19.7 Å². The van der Waals surface area contributed by atoms with Crippen molar-refractivity contribution in [3.63, 3.8) is 0 Å². The van der Waals surface area contributed by atoms with Crippen molar-refractivity contribution in [3.8, 4) is 23.0 Å². The average molecular weight is 483 g/mol. The highest BCUT2D eigenvalue weighted by Gasteiger charge is 2.16. The Labute approximate surface area is 213 Å². The number of ether oxygens (including phenoxy) is 2. The summed E-state index contributed by atoms with van der Waals surface area (Å²) in [5.74, 6) is 2.01. The number of benzene rings is 2. The van der Waals surface area contributed by atoms with E-state index in [1.807, 2.05) is 98.8 Å². The standard InChI is InChI=1S/C28H28N4O2.C2H6/c1-3-8-22(9-4-1)20-33-27-15-14-24(28(31-27)34-21-23-10-5-2-6-11-23)25-12-7-13-26(30-25)32-18-16-29-17-19-32;1-2/h1-15,29H,16-21H2;1-2H3. The molecule has 5 rings (SSSR count). The van der Waals surface area contributed by atoms with Gasteiger partial charge in [-0.25, -0.2) is 4.98 Å². The molecule has 0 unspecified atom stereocenters. The van der Waals surface area contributed by atoms with Gasteiger partial charge in [0, 0.05) is 32.2 Å². The Morgan fingerprint density at radius 1 is 0.694 bits per heavy atom. The summed E-state index contributed by atoms with van der Waals surface area (Å²) in [6.45, 7) is 8.68. The summed E-state index contributed by atoms with van der Waals surface area (Å²) < 4.78 is 12.2. The predicted molar refractivity (Wildman–Crippen MR) is 145 cm³/mol. The van der Waals surface area contributed by atoms with E-state index in [1.165, 1.54) is 0 Å². The Bertz CT molecular complexity index is 1200. The summed E-state index contributed by atoms with van der Waals surface area (Å²) in [7, 11) is 0. The Morgan fingerprint density at radius 3 is 2.00 bits per heavy atom. The van der Waals surface area contributed by atoms with Crippen LogP contribution in [0.15, 0.2) is 91.0 Å². The zero-order chi connectivity index (χ0) is 25.0. The molecule has 0 atom stereocenters. The highest BCUT2D eigenvalue weighted by atomic mass is 16.5. The molecular weight excluding hydrogens is 448 g/mol. The van der Waals surface area contributed by atoms with E-state index in [0.717, 1.165) is 54.4 Å². The largest absolute Gasteiger partial charge is 0.473 e. The average Bonchev–Trinajstić information content (AvgIpc) is 2.98. The van der Waals surface area contributed by atoms with Gasteiger partial charge >= 0.3 is 0 Å². The number of anilines is 1. The van der Waals surface area contributed by atoms with Crippen molar-refractivity contribution in [1.82, 2.24) is 15.3 Å². The number of piperazine rings is 1. The molecule has 1 saturated heterocycles. The van der Waals surface area contributed by atoms with E-state index in [4.69, 9.17) is 19.4 Å². The molecule has 0 amide bonds. The second-order valence-electron chi connectivity index (χ2n) is 8.17. The van der Waals surface area contributed by atoms with Crippen LogP contribution >= 0.6 is 0 Å². The predicted octanol–water partition coefficient (Wildman–Crippen LogP) is 5.74. The molecule has 1 N–H and O–H groups in total. The fourth-order valence-electron chi connectivity index (χ4n) is 3.91. The molecule has 2 aromatic heterocycles. The first-order valence-corrected chi connectivity index (χ1v) is 12.6. The van der Waals surface area contributed by atoms with E-state index in [-0.39, 0.29) is 0 Å². The van der Waals surface area contributed by atoms with Gasteiger partial charge in [-0.1, -0.05) is 80.6 Å². The zero-order valence-corrected chi connectivity index (χ0v) is 21.1. The van der Waals surface area contributed by atoms with Crippen molar-refractivity contribution in [1.29, 1.82) is 0 Å². The summed E-state index contributed by atoms with van der Waals surface area (Å²) in [5, 5.41) is 3.39. The molecule has 186 valence electrons. The molecule has 0 aliphatic carbocycles. The molecule has 6 nitrogen and oxygen atoms in total. The van der Waals surface area contributed by atoms with Crippen molar-refractivity contribution in [2.75, 3.05) is 31.1 Å². The molecule has 0 saturated carbocycles. The Morgan fingerprint density at radius 2 is 1.33 bits per heavy atom. The van der Waals surface area contributed by atoms with E-state index in [9.17, 15) is 0 Å². The number of nitrogens with zero attached hydrogens (tertiary/aromatic N) is 3. The lowest BCUT2D eigenvalue weighted by Crippen LogP contribution is -2.43. The van der Waals surface area contributed by atoms with Crippen LogP contribution in [-0.4, -0.2) is 36.1 Å². The van der Waals surface area contributed by atoms with Crippen LogP contribution in [-0.2, 0) is 13.2 Å². The second kappa shape index (κ2) is 13.3. The summed E-state index contributed by atoms with van der Waals surface area (Å²) >= 11 is 0. The maximum absolute atomic E-state index is 6.20. The molecule has 1 aliphatic rings. The molecular formula is C30H34N4O2. The first kappa shape index (κ1) is 25.2. The summed E-state index contributed by atoms with van der Waals surface area (Å²) in [6, 6.07) is 30.1. The van der Waals surface area contributed by atoms with E-state index in [2.05, 4.69) is 16.3 Å². The molecule has 1 aliphatic heterocycles. The molecule has 0 radical (unpaired) electrons. The molecule has 36 heavy (non-hydrogen) atoms. The normalized spacial score (nSPS) is 12.9. The van der Waals surface area contributed by atoms with Crippen LogP contribution in [0.3, 0.4) is 0 Å². The van der Waals surface area contributed by atoms with E-state index in [0.29, 0.717) is 25.0 Å². The van der Waals surface area contributed by atoms with E-state index >= 15 is 0 Å². The highest BCUT2D eigenvalue weighted by molar-refractivity contribution is 5.67. The van der Waals surface area contributed by atoms with Crippen LogP contribution in [0.4, 0.5) is 5.82 Å². The Hall–Kier alpha value is -3.90. The van der Waals surface area contributed by atoms with Crippen LogP contribution in [0.2, 0.25) is 0 Å². The summed E-state index contributed by atoms with van der Waals surface area (Å²) in [4.78, 5) is 12.0. The van der Waals surface area contributed by atoms with Crippen molar-refractivity contribution < 1.29 is 9.47 Å². The lowest BCUT2D eigenvalue weighted by molar-refractivity contribution is 0.268. The van der Waals surface area contributed by atoms with Gasteiger partial charge < -0.3 is 19.7 Å². The molecule has 2 aromatic carbocycles. The monoisotopic (exact) mass is 482 g/mol. The number of rotatable bonds is 8. The lowest BCUT2D eigenvalue weighted by Gasteiger charge is -2.28. The molecule has 0 spiro atoms. The van der Waals surface area contributed by atoms with Crippen molar-refractivity contribution in [2.45, 2.75) is 27.1 Å². The Balaban J connectivity index is 0.00000148. The van der Waals surface area contributed by atoms with Crippen molar-refractivity contribution in [3.05, 3.63) is 102 Å². The third kappa shape index (κ3) is 6.83. The molecule has 1 fully saturated rings. The van der Waals surface area contributed by atoms with Crippen molar-refractivity contribution >= 4 is 5.82 Å². The van der Waals surface area contributed by atoms with Gasteiger partial charge in [0.15, 0.2) is 0 Å². The topological polar surface area (TPSA) is 59.5 Å². The molecule has 6 heteroatoms. The molecule has 4 aromatic rings. The maximum atomic E-state index is 6.20. The van der Waals surface area contributed by atoms with Crippen LogP contribution in [0.1, 0.15) is 25.0 Å². The minimum Gasteiger partial charge on any atom is -0.473 e. The van der Waals surface area contributed by atoms with Crippen LogP contribution in [0.25, 0.3) is 11.3 Å². The third-order valence-corrected chi connectivity index (χ3v) is 5.73. The van der Waals surface area contributed by atoms with Crippen molar-refractivity contribution in [2.24, 2.45) is 0 Å². The summed E-state index contributed by atoms with van der Waals surface area (Å²) in [5.41, 5.74) is 3.85. The van der Waals surface area contributed by atoms with Gasteiger partial charge in [-0.2, -0.15) is 4.98 Å². The van der Waals surface area contributed by atoms with E-state index < -0.39 is 0 Å². The van der Waals surface area contributed by atoms with Crippen LogP contribution in [0, 0.1) is 0 Å². The molecule has 0 bridgehead atoms. The molecule has 3 heterocycles. The second-order valence-corrected chi connectivity index (χ2v) is 8.17. The SMILES string of the molecule is CC.c1ccc(COc2ccc(-c3cccc(N4CCNCC4)n3)c(OCc3ccccc3)n2)cc1. The third-order valence-electron chi connectivity index (χ3n) is 5.73. The number of nitrogens with one attached hydrogen (secondary N) is 1. The number of aromatic nitrogens is 2. The Kier molecular flexibility index (Phi) is 9.28. The maximum Gasteiger partial charge on any atom is 0.226 e. The van der Waals surface area contributed by atoms with Gasteiger partial charge in [-0.3, -0.25) is 0 Å². The van der Waals surface area contributed by atoms with E-state index in [1.54, 1.807) is 0 Å². The number of hydrogen-bond donors (Lipinski definition) is 1. The fourth-order valence-corrected chi connectivity index (χ4v) is 3.91. The zero-order valence-electron chi connectivity index (χ0n) is 21.1. The summed E-state index contributed by atoms with van der Waals surface area (Å²) in [6.07, 6.45) is 0. The first-order chi connectivity index (χ1) is 17.8. The van der Waals surface area contributed by atoms with Gasteiger partial charge in [-0.15, -0.1) is 0 Å². The van der Waals surface area contributed by atoms with Gasteiger partial charge in [0.1, 0.15) is 19.0 Å². The minimum absolute atomic E-state index is 0.417. The lowest BCUT2D eigenvalue weighted by atomic mass is 10.1. The minimum atomic E-state index is 0.417. The van der Waals surface area contributed by atoms with Gasteiger partial charge in [0.25, 0.3) is 0 Å². The van der Waals surface area contributed by atoms with Gasteiger partial charge in [-0.05, 0) is 29.3 Å². The van der Waals surface area contributed by atoms with Crippen LogP contribution in [0.5, 0.6) is 11.8 Å². The highest BCUT2D eigenvalue weighted by Crippen LogP contribution is 2.31.